The first-order valence-corrected chi connectivity index (χ1v) is 12.4. The van der Waals surface area contributed by atoms with Gasteiger partial charge in [-0.3, -0.25) is 24.3 Å². The lowest BCUT2D eigenvalue weighted by Crippen LogP contribution is -2.42. The summed E-state index contributed by atoms with van der Waals surface area (Å²) in [4.78, 5) is 48.5. The molecule has 1 unspecified atom stereocenters. The van der Waals surface area contributed by atoms with Gasteiger partial charge in [-0.25, -0.2) is 0 Å². The number of thiocarbonyl (C=S) groups is 1. The summed E-state index contributed by atoms with van der Waals surface area (Å²) in [5.74, 6) is -0.119. The number of hydrogen-bond acceptors (Lipinski definition) is 5. The van der Waals surface area contributed by atoms with Crippen LogP contribution in [0.1, 0.15) is 58.1 Å². The van der Waals surface area contributed by atoms with Crippen LogP contribution < -0.4 is 5.32 Å². The second kappa shape index (κ2) is 9.37. The van der Waals surface area contributed by atoms with Gasteiger partial charge >= 0.3 is 0 Å². The van der Waals surface area contributed by atoms with Gasteiger partial charge in [0.2, 0.25) is 5.91 Å². The number of likely N-dealkylation sites (N-methyl/N-ethyl adjacent to an activating group) is 1. The molecule has 1 atom stereocenters. The van der Waals surface area contributed by atoms with E-state index in [2.05, 4.69) is 17.4 Å². The predicted molar refractivity (Wildman–Crippen MR) is 134 cm³/mol. The summed E-state index contributed by atoms with van der Waals surface area (Å²) >= 11 is 5.11. The van der Waals surface area contributed by atoms with E-state index in [4.69, 9.17) is 17.2 Å². The molecule has 1 aromatic heterocycles. The molecule has 5 rings (SSSR count). The SMILES string of the molecule is Cc1ccc(C(=O)N2Cc3ccccc3C2)c(C2CCN(C(=O)CC3NC(=S)N(C)C3=O)CC2)n1. The van der Waals surface area contributed by atoms with Crippen LogP contribution in [0.15, 0.2) is 36.4 Å². The third-order valence-corrected chi connectivity index (χ3v) is 7.66. The molecule has 8 nitrogen and oxygen atoms in total. The van der Waals surface area contributed by atoms with Gasteiger partial charge in [0, 0.05) is 44.8 Å². The van der Waals surface area contributed by atoms with E-state index in [0.29, 0.717) is 36.9 Å². The Labute approximate surface area is 210 Å². The monoisotopic (exact) mass is 491 g/mol. The van der Waals surface area contributed by atoms with Crippen LogP contribution in [0.4, 0.5) is 0 Å². The van der Waals surface area contributed by atoms with Crippen LogP contribution in [-0.2, 0) is 22.7 Å². The van der Waals surface area contributed by atoms with Crippen LogP contribution >= 0.6 is 12.2 Å². The maximum absolute atomic E-state index is 13.5. The maximum atomic E-state index is 13.5. The summed E-state index contributed by atoms with van der Waals surface area (Å²) in [7, 11) is 1.61. The summed E-state index contributed by atoms with van der Waals surface area (Å²) in [6.45, 7) is 4.31. The predicted octanol–water partition coefficient (Wildman–Crippen LogP) is 2.36. The number of carbonyl (C=O) groups excluding carboxylic acids is 3. The van der Waals surface area contributed by atoms with Gasteiger partial charge in [0.15, 0.2) is 5.11 Å². The highest BCUT2D eigenvalue weighted by Crippen LogP contribution is 2.32. The summed E-state index contributed by atoms with van der Waals surface area (Å²) in [6, 6.07) is 11.4. The summed E-state index contributed by atoms with van der Waals surface area (Å²) in [6.07, 6.45) is 1.55. The van der Waals surface area contributed by atoms with Gasteiger partial charge in [0.1, 0.15) is 6.04 Å². The van der Waals surface area contributed by atoms with Crippen molar-refractivity contribution in [2.24, 2.45) is 0 Å². The molecule has 3 aliphatic heterocycles. The van der Waals surface area contributed by atoms with Crippen molar-refractivity contribution in [3.63, 3.8) is 0 Å². The van der Waals surface area contributed by atoms with Crippen LogP contribution in [-0.4, -0.2) is 68.7 Å². The number of amides is 3. The number of hydrogen-bond donors (Lipinski definition) is 1. The number of carbonyl (C=O) groups is 3. The summed E-state index contributed by atoms with van der Waals surface area (Å²) in [5.41, 5.74) is 4.75. The van der Waals surface area contributed by atoms with E-state index in [1.807, 2.05) is 36.1 Å². The Hall–Kier alpha value is -3.33. The van der Waals surface area contributed by atoms with E-state index in [-0.39, 0.29) is 30.1 Å². The standard InChI is InChI=1S/C26H29N5O3S/c1-16-7-8-20(24(33)31-14-18-5-3-4-6-19(18)15-31)23(27-16)17-9-11-30(12-10-17)22(32)13-21-25(34)29(2)26(35)28-21/h3-8,17,21H,9-15H2,1-2H3,(H,28,35). The van der Waals surface area contributed by atoms with E-state index in [9.17, 15) is 14.4 Å². The van der Waals surface area contributed by atoms with Gasteiger partial charge in [-0.2, -0.15) is 0 Å². The molecule has 2 fully saturated rings. The molecule has 2 aromatic rings. The molecule has 9 heteroatoms. The highest BCUT2D eigenvalue weighted by Gasteiger charge is 2.36. The topological polar surface area (TPSA) is 85.9 Å². The molecular formula is C26H29N5O3S. The third-order valence-electron chi connectivity index (χ3n) is 7.27. The average molecular weight is 492 g/mol. The number of pyridine rings is 1. The maximum Gasteiger partial charge on any atom is 0.256 e. The highest BCUT2D eigenvalue weighted by atomic mass is 32.1. The highest BCUT2D eigenvalue weighted by molar-refractivity contribution is 7.80. The zero-order valence-corrected chi connectivity index (χ0v) is 20.8. The van der Waals surface area contributed by atoms with Gasteiger partial charge in [0.05, 0.1) is 17.7 Å². The van der Waals surface area contributed by atoms with Gasteiger partial charge < -0.3 is 15.1 Å². The van der Waals surface area contributed by atoms with Crippen molar-refractivity contribution in [3.05, 3.63) is 64.5 Å². The fourth-order valence-electron chi connectivity index (χ4n) is 5.20. The van der Waals surface area contributed by atoms with Gasteiger partial charge in [0.25, 0.3) is 11.8 Å². The molecule has 182 valence electrons. The molecule has 0 saturated carbocycles. The second-order valence-electron chi connectivity index (χ2n) is 9.57. The van der Waals surface area contributed by atoms with E-state index < -0.39 is 6.04 Å². The molecule has 1 aromatic carbocycles. The van der Waals surface area contributed by atoms with Crippen molar-refractivity contribution < 1.29 is 14.4 Å². The first-order valence-electron chi connectivity index (χ1n) is 12.0. The molecule has 1 N–H and O–H groups in total. The Balaban J connectivity index is 1.25. The molecular weight excluding hydrogens is 462 g/mol. The lowest BCUT2D eigenvalue weighted by molar-refractivity contribution is -0.136. The number of nitrogens with zero attached hydrogens (tertiary/aromatic N) is 4. The zero-order chi connectivity index (χ0) is 24.7. The van der Waals surface area contributed by atoms with Gasteiger partial charge in [-0.1, -0.05) is 24.3 Å². The fourth-order valence-corrected chi connectivity index (χ4v) is 5.43. The quantitative estimate of drug-likeness (QED) is 0.661. The zero-order valence-electron chi connectivity index (χ0n) is 20.0. The third kappa shape index (κ3) is 4.52. The van der Waals surface area contributed by atoms with E-state index in [0.717, 1.165) is 24.2 Å². The molecule has 0 aliphatic carbocycles. The first-order chi connectivity index (χ1) is 16.8. The van der Waals surface area contributed by atoms with E-state index >= 15 is 0 Å². The smallest absolute Gasteiger partial charge is 0.256 e. The minimum absolute atomic E-state index is 0.00751. The molecule has 0 spiro atoms. The van der Waals surface area contributed by atoms with Crippen LogP contribution in [0.2, 0.25) is 0 Å². The Morgan fingerprint density at radius 2 is 1.71 bits per heavy atom. The number of aryl methyl sites for hydroxylation is 1. The number of piperidine rings is 1. The van der Waals surface area contributed by atoms with Gasteiger partial charge in [-0.15, -0.1) is 0 Å². The molecule has 0 bridgehead atoms. The normalized spacial score (nSPS) is 20.3. The van der Waals surface area contributed by atoms with Crippen LogP contribution in [0.5, 0.6) is 0 Å². The lowest BCUT2D eigenvalue weighted by atomic mass is 9.89. The number of rotatable bonds is 4. The molecule has 4 heterocycles. The number of nitrogens with one attached hydrogen (secondary N) is 1. The number of fused-ring (bicyclic) bond motifs is 1. The summed E-state index contributed by atoms with van der Waals surface area (Å²) < 4.78 is 0. The van der Waals surface area contributed by atoms with Crippen molar-refractivity contribution in [3.8, 4) is 0 Å². The molecule has 35 heavy (non-hydrogen) atoms. The van der Waals surface area contributed by atoms with Crippen molar-refractivity contribution >= 4 is 35.1 Å². The van der Waals surface area contributed by atoms with Crippen LogP contribution in [0, 0.1) is 6.92 Å². The van der Waals surface area contributed by atoms with Crippen molar-refractivity contribution in [1.29, 1.82) is 0 Å². The van der Waals surface area contributed by atoms with Crippen molar-refractivity contribution in [2.45, 2.75) is 51.2 Å². The van der Waals surface area contributed by atoms with Gasteiger partial charge in [-0.05, 0) is 55.2 Å². The second-order valence-corrected chi connectivity index (χ2v) is 9.96. The van der Waals surface area contributed by atoms with Crippen molar-refractivity contribution in [2.75, 3.05) is 20.1 Å². The Morgan fingerprint density at radius 3 is 2.31 bits per heavy atom. The molecule has 3 amide bonds. The fraction of sp³-hybridized carbons (Fsp3) is 0.423. The largest absolute Gasteiger partial charge is 0.350 e. The number of benzene rings is 1. The molecule has 2 saturated heterocycles. The average Bonchev–Trinajstić information content (AvgIpc) is 3.40. The van der Waals surface area contributed by atoms with E-state index in [1.54, 1.807) is 11.9 Å². The lowest BCUT2D eigenvalue weighted by Gasteiger charge is -2.33. The van der Waals surface area contributed by atoms with E-state index in [1.165, 1.54) is 16.0 Å². The minimum atomic E-state index is -0.593. The van der Waals surface area contributed by atoms with Crippen LogP contribution in [0.25, 0.3) is 0 Å². The Morgan fingerprint density at radius 1 is 1.06 bits per heavy atom. The molecule has 0 radical (unpaired) electrons. The first kappa shape index (κ1) is 23.4. The Kier molecular flexibility index (Phi) is 6.27. The number of aromatic nitrogens is 1. The van der Waals surface area contributed by atoms with Crippen molar-refractivity contribution in [1.82, 2.24) is 25.0 Å². The van der Waals surface area contributed by atoms with Crippen LogP contribution in [0.3, 0.4) is 0 Å². The number of likely N-dealkylation sites (tertiary alicyclic amines) is 1. The minimum Gasteiger partial charge on any atom is -0.350 e. The summed E-state index contributed by atoms with van der Waals surface area (Å²) in [5, 5.41) is 3.28. The molecule has 3 aliphatic rings. The Bertz CT molecular complexity index is 1180.